The molecule has 6 nitrogen and oxygen atoms in total. The molecule has 0 saturated heterocycles. The van der Waals surface area contributed by atoms with Crippen LogP contribution in [0.15, 0.2) is 69.9 Å². The van der Waals surface area contributed by atoms with Crippen LogP contribution >= 0.6 is 0 Å². The van der Waals surface area contributed by atoms with Crippen LogP contribution in [0.1, 0.15) is 57.8 Å². The summed E-state index contributed by atoms with van der Waals surface area (Å²) < 4.78 is 17.8. The van der Waals surface area contributed by atoms with E-state index in [1.165, 1.54) is 0 Å². The summed E-state index contributed by atoms with van der Waals surface area (Å²) in [5, 5.41) is 0.519. The van der Waals surface area contributed by atoms with Crippen molar-refractivity contribution in [1.82, 2.24) is 4.90 Å². The summed E-state index contributed by atoms with van der Waals surface area (Å²) in [7, 11) is 1.58. The molecule has 0 radical (unpaired) electrons. The smallest absolute Gasteiger partial charge is 0.290 e. The Labute approximate surface area is 210 Å². The number of nitrogens with zero attached hydrogens (tertiary/aromatic N) is 1. The number of ether oxygens (including phenoxy) is 2. The molecular formula is C30H29NO5. The topological polar surface area (TPSA) is 69.0 Å². The summed E-state index contributed by atoms with van der Waals surface area (Å²) in [6.45, 7) is 6.75. The van der Waals surface area contributed by atoms with E-state index in [-0.39, 0.29) is 17.1 Å². The summed E-state index contributed by atoms with van der Waals surface area (Å²) in [5.74, 6) is 0.990. The van der Waals surface area contributed by atoms with Crippen molar-refractivity contribution in [1.29, 1.82) is 0 Å². The maximum Gasteiger partial charge on any atom is 0.290 e. The molecule has 0 spiro atoms. The Morgan fingerprint density at radius 2 is 1.75 bits per heavy atom. The van der Waals surface area contributed by atoms with Gasteiger partial charge in [-0.25, -0.2) is 0 Å². The van der Waals surface area contributed by atoms with Crippen molar-refractivity contribution < 1.29 is 18.7 Å². The van der Waals surface area contributed by atoms with E-state index in [1.54, 1.807) is 12.0 Å². The molecule has 5 rings (SSSR count). The highest BCUT2D eigenvalue weighted by Crippen LogP contribution is 2.41. The number of hydrogen-bond acceptors (Lipinski definition) is 5. The van der Waals surface area contributed by atoms with E-state index in [4.69, 9.17) is 13.9 Å². The number of fused-ring (bicyclic) bond motifs is 2. The Bertz CT molecular complexity index is 1510. The fourth-order valence-electron chi connectivity index (χ4n) is 5.04. The van der Waals surface area contributed by atoms with Gasteiger partial charge in [-0.2, -0.15) is 0 Å². The Balaban J connectivity index is 1.61. The normalized spacial score (nSPS) is 14.8. The van der Waals surface area contributed by atoms with Gasteiger partial charge in [-0.1, -0.05) is 49.4 Å². The van der Waals surface area contributed by atoms with E-state index in [9.17, 15) is 9.59 Å². The van der Waals surface area contributed by atoms with Crippen LogP contribution in [0, 0.1) is 13.8 Å². The molecule has 1 amide bonds. The average Bonchev–Trinajstić information content (AvgIpc) is 3.14. The van der Waals surface area contributed by atoms with Crippen LogP contribution in [0.4, 0.5) is 0 Å². The van der Waals surface area contributed by atoms with Crippen molar-refractivity contribution in [3.8, 4) is 11.5 Å². The van der Waals surface area contributed by atoms with Gasteiger partial charge in [0.15, 0.2) is 16.9 Å². The molecule has 4 aromatic rings. The predicted molar refractivity (Wildman–Crippen MR) is 139 cm³/mol. The van der Waals surface area contributed by atoms with Crippen molar-refractivity contribution in [2.75, 3.05) is 13.7 Å². The van der Waals surface area contributed by atoms with Crippen LogP contribution in [0.2, 0.25) is 0 Å². The van der Waals surface area contributed by atoms with E-state index >= 15 is 0 Å². The quantitative estimate of drug-likeness (QED) is 0.325. The third-order valence-electron chi connectivity index (χ3n) is 6.62. The lowest BCUT2D eigenvalue weighted by atomic mass is 9.96. The molecule has 3 aromatic carbocycles. The van der Waals surface area contributed by atoms with Crippen LogP contribution in [0.25, 0.3) is 11.0 Å². The Kier molecular flexibility index (Phi) is 6.27. The van der Waals surface area contributed by atoms with Crippen LogP contribution in [0.5, 0.6) is 11.5 Å². The maximum atomic E-state index is 13.8. The highest BCUT2D eigenvalue weighted by Gasteiger charge is 2.42. The minimum Gasteiger partial charge on any atom is -0.493 e. The molecule has 1 aliphatic rings. The predicted octanol–water partition coefficient (Wildman–Crippen LogP) is 5.95. The van der Waals surface area contributed by atoms with Gasteiger partial charge in [0.05, 0.1) is 24.1 Å². The molecule has 2 heterocycles. The van der Waals surface area contributed by atoms with Crippen molar-refractivity contribution in [2.45, 2.75) is 39.8 Å². The lowest BCUT2D eigenvalue weighted by Crippen LogP contribution is -2.30. The van der Waals surface area contributed by atoms with Crippen LogP contribution < -0.4 is 14.9 Å². The van der Waals surface area contributed by atoms with E-state index in [0.717, 1.165) is 28.7 Å². The van der Waals surface area contributed by atoms with E-state index in [0.29, 0.717) is 41.2 Å². The Morgan fingerprint density at radius 1 is 0.972 bits per heavy atom. The molecule has 0 fully saturated rings. The van der Waals surface area contributed by atoms with E-state index in [2.05, 4.69) is 0 Å². The van der Waals surface area contributed by atoms with Crippen LogP contribution in [-0.2, 0) is 6.61 Å². The number of benzene rings is 3. The Morgan fingerprint density at radius 3 is 2.47 bits per heavy atom. The zero-order valence-corrected chi connectivity index (χ0v) is 21.0. The number of aryl methyl sites for hydroxylation is 2. The third-order valence-corrected chi connectivity index (χ3v) is 6.62. The first-order chi connectivity index (χ1) is 17.4. The second-order valence-corrected chi connectivity index (χ2v) is 9.21. The van der Waals surface area contributed by atoms with Gasteiger partial charge < -0.3 is 18.8 Å². The lowest BCUT2D eigenvalue weighted by molar-refractivity contribution is 0.0728. The number of hydrogen-bond donors (Lipinski definition) is 0. The second kappa shape index (κ2) is 9.53. The molecule has 36 heavy (non-hydrogen) atoms. The zero-order chi connectivity index (χ0) is 25.4. The zero-order valence-electron chi connectivity index (χ0n) is 21.0. The molecule has 1 aromatic heterocycles. The van der Waals surface area contributed by atoms with Gasteiger partial charge in [0, 0.05) is 6.54 Å². The van der Waals surface area contributed by atoms with Gasteiger partial charge in [0.2, 0.25) is 5.76 Å². The van der Waals surface area contributed by atoms with Gasteiger partial charge in [0.25, 0.3) is 5.91 Å². The molecule has 1 unspecified atom stereocenters. The molecule has 1 atom stereocenters. The summed E-state index contributed by atoms with van der Waals surface area (Å²) in [4.78, 5) is 29.0. The second-order valence-electron chi connectivity index (χ2n) is 9.21. The standard InChI is InChI=1S/C30H29NO5/c1-5-13-31-27(21-11-12-22(23(16-21)34-4)35-17-20-9-7-6-8-10-20)26-28(32)25-19(3)14-18(2)15-24(25)36-29(26)30(31)33/h6-12,14-16,27H,5,13,17H2,1-4H3. The summed E-state index contributed by atoms with van der Waals surface area (Å²) in [6, 6.07) is 18.7. The van der Waals surface area contributed by atoms with Gasteiger partial charge >= 0.3 is 0 Å². The molecule has 0 saturated carbocycles. The fraction of sp³-hybridized carbons (Fsp3) is 0.267. The molecule has 184 valence electrons. The minimum absolute atomic E-state index is 0.124. The van der Waals surface area contributed by atoms with Crippen molar-refractivity contribution >= 4 is 16.9 Å². The van der Waals surface area contributed by atoms with Crippen molar-refractivity contribution in [2.24, 2.45) is 0 Å². The lowest BCUT2D eigenvalue weighted by Gasteiger charge is -2.25. The number of rotatable bonds is 7. The summed E-state index contributed by atoms with van der Waals surface area (Å²) in [6.07, 6.45) is 0.748. The largest absolute Gasteiger partial charge is 0.493 e. The molecular weight excluding hydrogens is 454 g/mol. The molecule has 1 aliphatic heterocycles. The maximum absolute atomic E-state index is 13.8. The van der Waals surface area contributed by atoms with E-state index in [1.807, 2.05) is 81.4 Å². The summed E-state index contributed by atoms with van der Waals surface area (Å²) >= 11 is 0. The van der Waals surface area contributed by atoms with E-state index < -0.39 is 6.04 Å². The van der Waals surface area contributed by atoms with Gasteiger partial charge in [-0.05, 0) is 60.7 Å². The number of methoxy groups -OCH3 is 1. The van der Waals surface area contributed by atoms with Gasteiger partial charge in [-0.3, -0.25) is 9.59 Å². The highest BCUT2D eigenvalue weighted by molar-refractivity contribution is 5.99. The number of amides is 1. The highest BCUT2D eigenvalue weighted by atomic mass is 16.5. The van der Waals surface area contributed by atoms with Crippen LogP contribution in [0.3, 0.4) is 0 Å². The molecule has 6 heteroatoms. The SMILES string of the molecule is CCCN1C(=O)c2oc3cc(C)cc(C)c3c(=O)c2C1c1ccc(OCc2ccccc2)c(OC)c1. The number of carbonyl (C=O) groups is 1. The van der Waals surface area contributed by atoms with Crippen molar-refractivity contribution in [3.63, 3.8) is 0 Å². The number of carbonyl (C=O) groups excluding carboxylic acids is 1. The first-order valence-electron chi connectivity index (χ1n) is 12.2. The van der Waals surface area contributed by atoms with Crippen LogP contribution in [-0.4, -0.2) is 24.5 Å². The average molecular weight is 484 g/mol. The molecule has 0 bridgehead atoms. The first kappa shape index (κ1) is 23.7. The monoisotopic (exact) mass is 483 g/mol. The third kappa shape index (κ3) is 4.02. The minimum atomic E-state index is -0.564. The van der Waals surface area contributed by atoms with Gasteiger partial charge in [0.1, 0.15) is 12.2 Å². The molecule has 0 N–H and O–H groups in total. The van der Waals surface area contributed by atoms with Gasteiger partial charge in [-0.15, -0.1) is 0 Å². The molecule has 0 aliphatic carbocycles. The van der Waals surface area contributed by atoms with Crippen molar-refractivity contribution in [3.05, 3.63) is 104 Å². The first-order valence-corrected chi connectivity index (χ1v) is 12.2. The Hall–Kier alpha value is -4.06. The fourth-order valence-corrected chi connectivity index (χ4v) is 5.04. The summed E-state index contributed by atoms with van der Waals surface area (Å²) in [5.41, 5.74) is 4.30.